The van der Waals surface area contributed by atoms with E-state index in [1.54, 1.807) is 0 Å². The van der Waals surface area contributed by atoms with Gasteiger partial charge in [-0.25, -0.2) is 4.39 Å². The average Bonchev–Trinajstić information content (AvgIpc) is 2.16. The fourth-order valence-electron chi connectivity index (χ4n) is 1.66. The van der Waals surface area contributed by atoms with Crippen LogP contribution >= 0.6 is 0 Å². The number of hydrogen-bond acceptors (Lipinski definition) is 2. The van der Waals surface area contributed by atoms with E-state index in [1.807, 2.05) is 13.8 Å². The lowest BCUT2D eigenvalue weighted by Crippen LogP contribution is -2.22. The van der Waals surface area contributed by atoms with Gasteiger partial charge >= 0.3 is 5.97 Å². The van der Waals surface area contributed by atoms with Gasteiger partial charge in [0.15, 0.2) is 0 Å². The van der Waals surface area contributed by atoms with Crippen molar-refractivity contribution in [3.05, 3.63) is 0 Å². The molecule has 0 aliphatic heterocycles. The van der Waals surface area contributed by atoms with Crippen molar-refractivity contribution in [1.82, 2.24) is 0 Å². The van der Waals surface area contributed by atoms with Crippen molar-refractivity contribution in [3.8, 4) is 0 Å². The van der Waals surface area contributed by atoms with Gasteiger partial charge in [0.1, 0.15) is 6.17 Å². The molecule has 0 N–H and O–H groups in total. The van der Waals surface area contributed by atoms with Gasteiger partial charge in [-0.3, -0.25) is 4.79 Å². The third kappa shape index (κ3) is 3.64. The number of hydrogen-bond donors (Lipinski definition) is 0. The first-order chi connectivity index (χ1) is 6.59. The molecule has 0 heterocycles. The topological polar surface area (TPSA) is 26.3 Å². The van der Waals surface area contributed by atoms with Crippen LogP contribution in [0.5, 0.6) is 0 Å². The lowest BCUT2D eigenvalue weighted by atomic mass is 9.89. The predicted molar refractivity (Wildman–Crippen MR) is 52.7 cm³/mol. The third-order valence-electron chi connectivity index (χ3n) is 2.71. The zero-order valence-electron chi connectivity index (χ0n) is 8.96. The molecule has 2 nitrogen and oxygen atoms in total. The van der Waals surface area contributed by atoms with Crippen molar-refractivity contribution >= 4 is 5.97 Å². The quantitative estimate of drug-likeness (QED) is 0.658. The van der Waals surface area contributed by atoms with Gasteiger partial charge in [0.2, 0.25) is 0 Å². The summed E-state index contributed by atoms with van der Waals surface area (Å²) < 4.78 is 17.9. The van der Waals surface area contributed by atoms with E-state index < -0.39 is 6.17 Å². The van der Waals surface area contributed by atoms with E-state index in [0.717, 1.165) is 12.8 Å². The number of alkyl halides is 1. The first kappa shape index (κ1) is 11.5. The highest BCUT2D eigenvalue weighted by atomic mass is 19.1. The largest absolute Gasteiger partial charge is 0.465 e. The Morgan fingerprint density at radius 1 is 1.36 bits per heavy atom. The van der Waals surface area contributed by atoms with Crippen LogP contribution in [0.1, 0.15) is 39.5 Å². The smallest absolute Gasteiger partial charge is 0.308 e. The van der Waals surface area contributed by atoms with Crippen molar-refractivity contribution in [2.45, 2.75) is 45.7 Å². The summed E-state index contributed by atoms with van der Waals surface area (Å²) in [5.74, 6) is 0.171. The van der Waals surface area contributed by atoms with Gasteiger partial charge in [0, 0.05) is 0 Å². The van der Waals surface area contributed by atoms with Gasteiger partial charge in [-0.2, -0.15) is 0 Å². The Bertz CT molecular complexity index is 184. The Balaban J connectivity index is 2.16. The maximum Gasteiger partial charge on any atom is 0.308 e. The summed E-state index contributed by atoms with van der Waals surface area (Å²) in [6.07, 6.45) is 2.33. The lowest BCUT2D eigenvalue weighted by Gasteiger charge is -2.23. The number of halogens is 1. The van der Waals surface area contributed by atoms with Crippen LogP contribution in [-0.4, -0.2) is 18.7 Å². The summed E-state index contributed by atoms with van der Waals surface area (Å²) in [6, 6.07) is 0. The molecule has 0 aromatic heterocycles. The second-order valence-electron chi connectivity index (χ2n) is 4.40. The van der Waals surface area contributed by atoms with Gasteiger partial charge < -0.3 is 4.74 Å². The number of ether oxygens (including phenoxy) is 1. The first-order valence-corrected chi connectivity index (χ1v) is 5.40. The molecule has 14 heavy (non-hydrogen) atoms. The molecule has 0 spiro atoms. The molecule has 0 bridgehead atoms. The standard InChI is InChI=1S/C11H19FO2/c1-8(2)11(13)14-7-9-3-5-10(12)6-4-9/h8-10H,3-7H2,1-2H3. The molecule has 1 aliphatic carbocycles. The molecule has 0 saturated heterocycles. The number of rotatable bonds is 3. The summed E-state index contributed by atoms with van der Waals surface area (Å²) in [7, 11) is 0. The summed E-state index contributed by atoms with van der Waals surface area (Å²) in [5.41, 5.74) is 0. The van der Waals surface area contributed by atoms with E-state index in [-0.39, 0.29) is 11.9 Å². The highest BCUT2D eigenvalue weighted by Crippen LogP contribution is 2.26. The van der Waals surface area contributed by atoms with Gasteiger partial charge in [-0.15, -0.1) is 0 Å². The Kier molecular flexibility index (Phi) is 4.36. The first-order valence-electron chi connectivity index (χ1n) is 5.40. The van der Waals surface area contributed by atoms with E-state index in [2.05, 4.69) is 0 Å². The lowest BCUT2D eigenvalue weighted by molar-refractivity contribution is -0.149. The molecule has 82 valence electrons. The van der Waals surface area contributed by atoms with Crippen LogP contribution in [0.4, 0.5) is 4.39 Å². The van der Waals surface area contributed by atoms with Crippen molar-refractivity contribution in [1.29, 1.82) is 0 Å². The highest BCUT2D eigenvalue weighted by Gasteiger charge is 2.22. The van der Waals surface area contributed by atoms with E-state index in [1.165, 1.54) is 0 Å². The second kappa shape index (κ2) is 5.32. The van der Waals surface area contributed by atoms with Crippen molar-refractivity contribution < 1.29 is 13.9 Å². The van der Waals surface area contributed by atoms with Crippen molar-refractivity contribution in [2.75, 3.05) is 6.61 Å². The van der Waals surface area contributed by atoms with E-state index >= 15 is 0 Å². The molecule has 0 aromatic rings. The van der Waals surface area contributed by atoms with Crippen LogP contribution in [0.25, 0.3) is 0 Å². The number of carbonyl (C=O) groups excluding carboxylic acids is 1. The van der Waals surface area contributed by atoms with Crippen LogP contribution in [-0.2, 0) is 9.53 Å². The van der Waals surface area contributed by atoms with E-state index in [4.69, 9.17) is 4.74 Å². The van der Waals surface area contributed by atoms with Crippen LogP contribution in [0.2, 0.25) is 0 Å². The summed E-state index contributed by atoms with van der Waals surface area (Å²) >= 11 is 0. The normalized spacial score (nSPS) is 27.7. The Morgan fingerprint density at radius 2 is 1.93 bits per heavy atom. The molecule has 0 radical (unpaired) electrons. The fraction of sp³-hybridized carbons (Fsp3) is 0.909. The monoisotopic (exact) mass is 202 g/mol. The van der Waals surface area contributed by atoms with Crippen LogP contribution in [0.3, 0.4) is 0 Å². The summed E-state index contributed by atoms with van der Waals surface area (Å²) in [6.45, 7) is 4.12. The molecular formula is C11H19FO2. The number of carbonyl (C=O) groups is 1. The minimum atomic E-state index is -0.632. The molecule has 0 aromatic carbocycles. The summed E-state index contributed by atoms with van der Waals surface area (Å²) in [4.78, 5) is 11.2. The maximum absolute atomic E-state index is 12.8. The molecule has 3 heteroatoms. The van der Waals surface area contributed by atoms with E-state index in [9.17, 15) is 9.18 Å². The van der Waals surface area contributed by atoms with Crippen molar-refractivity contribution in [2.24, 2.45) is 11.8 Å². The Hall–Kier alpha value is -0.600. The van der Waals surface area contributed by atoms with Crippen LogP contribution < -0.4 is 0 Å². The summed E-state index contributed by atoms with van der Waals surface area (Å²) in [5, 5.41) is 0. The fourth-order valence-corrected chi connectivity index (χ4v) is 1.66. The molecule has 1 rings (SSSR count). The van der Waals surface area contributed by atoms with Gasteiger partial charge in [-0.1, -0.05) is 13.8 Å². The molecule has 1 saturated carbocycles. The molecule has 0 unspecified atom stereocenters. The van der Waals surface area contributed by atoms with Gasteiger partial charge in [0.25, 0.3) is 0 Å². The highest BCUT2D eigenvalue weighted by molar-refractivity contribution is 5.71. The number of esters is 1. The molecule has 1 aliphatic rings. The third-order valence-corrected chi connectivity index (χ3v) is 2.71. The van der Waals surface area contributed by atoms with Crippen LogP contribution in [0.15, 0.2) is 0 Å². The minimum Gasteiger partial charge on any atom is -0.465 e. The molecule has 1 fully saturated rings. The molecule has 0 atom stereocenters. The Labute approximate surface area is 84.8 Å². The Morgan fingerprint density at radius 3 is 2.43 bits per heavy atom. The predicted octanol–water partition coefficient (Wildman–Crippen LogP) is 2.71. The zero-order valence-corrected chi connectivity index (χ0v) is 8.96. The minimum absolute atomic E-state index is 0.0625. The van der Waals surface area contributed by atoms with Gasteiger partial charge in [-0.05, 0) is 31.6 Å². The van der Waals surface area contributed by atoms with Gasteiger partial charge in [0.05, 0.1) is 12.5 Å². The zero-order chi connectivity index (χ0) is 10.6. The maximum atomic E-state index is 12.8. The second-order valence-corrected chi connectivity index (χ2v) is 4.40. The van der Waals surface area contributed by atoms with E-state index in [0.29, 0.717) is 25.4 Å². The molecular weight excluding hydrogens is 183 g/mol. The SMILES string of the molecule is CC(C)C(=O)OCC1CCC(F)CC1. The average molecular weight is 202 g/mol. The van der Waals surface area contributed by atoms with Crippen molar-refractivity contribution in [3.63, 3.8) is 0 Å². The molecule has 0 amide bonds. The van der Waals surface area contributed by atoms with Crippen LogP contribution in [0, 0.1) is 11.8 Å².